The number of nitrogens with zero attached hydrogens (tertiary/aromatic N) is 1. The summed E-state index contributed by atoms with van der Waals surface area (Å²) in [6.07, 6.45) is 3.97. The van der Waals surface area contributed by atoms with Crippen molar-refractivity contribution in [1.82, 2.24) is 4.90 Å². The third-order valence-corrected chi connectivity index (χ3v) is 5.29. The molecule has 2 rings (SSSR count). The predicted molar refractivity (Wildman–Crippen MR) is 78.4 cm³/mol. The topological polar surface area (TPSA) is 29.3 Å². The van der Waals surface area contributed by atoms with Crippen LogP contribution in [0.1, 0.15) is 44.0 Å². The maximum Gasteiger partial charge on any atom is 0.0702 e. The van der Waals surface area contributed by atoms with Gasteiger partial charge in [-0.05, 0) is 61.3 Å². The second kappa shape index (κ2) is 5.83. The summed E-state index contributed by atoms with van der Waals surface area (Å²) < 4.78 is 1.20. The van der Waals surface area contributed by atoms with Gasteiger partial charge in [0, 0.05) is 17.0 Å². The van der Waals surface area contributed by atoms with Gasteiger partial charge in [0.25, 0.3) is 0 Å². The molecule has 2 heterocycles. The molecule has 0 bridgehead atoms. The van der Waals surface area contributed by atoms with Gasteiger partial charge in [0.05, 0.1) is 9.83 Å². The van der Waals surface area contributed by atoms with E-state index in [9.17, 15) is 0 Å². The zero-order valence-electron chi connectivity index (χ0n) is 10.5. The van der Waals surface area contributed by atoms with Crippen LogP contribution in [0.15, 0.2) is 15.9 Å². The quantitative estimate of drug-likeness (QED) is 0.919. The Kier molecular flexibility index (Phi) is 4.64. The molecule has 1 aliphatic heterocycles. The lowest BCUT2D eigenvalue weighted by molar-refractivity contribution is 0.0943. The van der Waals surface area contributed by atoms with Crippen LogP contribution < -0.4 is 5.73 Å². The average Bonchev–Trinajstić information content (AvgIpc) is 2.68. The first-order valence-electron chi connectivity index (χ1n) is 6.36. The Labute approximate surface area is 116 Å². The molecule has 0 aromatic carbocycles. The van der Waals surface area contributed by atoms with Gasteiger partial charge in [-0.25, -0.2) is 0 Å². The van der Waals surface area contributed by atoms with Crippen LogP contribution in [-0.4, -0.2) is 23.5 Å². The molecule has 96 valence electrons. The molecule has 0 aliphatic carbocycles. The van der Waals surface area contributed by atoms with Crippen LogP contribution in [0.4, 0.5) is 0 Å². The molecular formula is C13H21BrN2S. The predicted octanol–water partition coefficient (Wildman–Crippen LogP) is 3.77. The largest absolute Gasteiger partial charge is 0.326 e. The minimum Gasteiger partial charge on any atom is -0.326 e. The van der Waals surface area contributed by atoms with Gasteiger partial charge < -0.3 is 5.73 Å². The molecule has 1 aromatic heterocycles. The summed E-state index contributed by atoms with van der Waals surface area (Å²) in [6.45, 7) is 5.64. The maximum absolute atomic E-state index is 6.22. The summed E-state index contributed by atoms with van der Waals surface area (Å²) in [4.78, 5) is 3.98. The van der Waals surface area contributed by atoms with Crippen LogP contribution in [0.2, 0.25) is 0 Å². The highest BCUT2D eigenvalue weighted by atomic mass is 79.9. The van der Waals surface area contributed by atoms with Crippen LogP contribution in [-0.2, 0) is 0 Å². The molecule has 2 nitrogen and oxygen atoms in total. The standard InChI is InChI=1S/C13H21BrN2S/c1-9-5-3-4-8-16(9)13(10(2)15)11-6-7-12(14)17-11/h6-7,9-10,13H,3-5,8,15H2,1-2H3. The molecule has 0 saturated carbocycles. The lowest BCUT2D eigenvalue weighted by Gasteiger charge is -2.41. The van der Waals surface area contributed by atoms with E-state index in [2.05, 4.69) is 46.8 Å². The average molecular weight is 317 g/mol. The van der Waals surface area contributed by atoms with Crippen molar-refractivity contribution < 1.29 is 0 Å². The van der Waals surface area contributed by atoms with Crippen molar-refractivity contribution in [2.45, 2.75) is 51.2 Å². The molecule has 0 spiro atoms. The van der Waals surface area contributed by atoms with Crippen molar-refractivity contribution in [1.29, 1.82) is 0 Å². The molecule has 1 aromatic rings. The minimum atomic E-state index is 0.182. The van der Waals surface area contributed by atoms with Gasteiger partial charge in [-0.15, -0.1) is 11.3 Å². The number of rotatable bonds is 3. The number of hydrogen-bond donors (Lipinski definition) is 1. The van der Waals surface area contributed by atoms with Crippen LogP contribution >= 0.6 is 27.3 Å². The van der Waals surface area contributed by atoms with Gasteiger partial charge in [0.1, 0.15) is 0 Å². The van der Waals surface area contributed by atoms with Crippen LogP contribution in [0.3, 0.4) is 0 Å². The van der Waals surface area contributed by atoms with E-state index in [4.69, 9.17) is 5.73 Å². The van der Waals surface area contributed by atoms with E-state index in [1.807, 2.05) is 11.3 Å². The smallest absolute Gasteiger partial charge is 0.0702 e. The third-order valence-electron chi connectivity index (χ3n) is 3.60. The van der Waals surface area contributed by atoms with E-state index < -0.39 is 0 Å². The molecule has 1 fully saturated rings. The lowest BCUT2D eigenvalue weighted by Crippen LogP contribution is -2.46. The number of nitrogens with two attached hydrogens (primary N) is 1. The molecule has 3 unspecified atom stereocenters. The molecule has 4 heteroatoms. The van der Waals surface area contributed by atoms with E-state index in [-0.39, 0.29) is 6.04 Å². The number of piperidine rings is 1. The first-order valence-corrected chi connectivity index (χ1v) is 7.97. The summed E-state index contributed by atoms with van der Waals surface area (Å²) in [6, 6.07) is 5.55. The summed E-state index contributed by atoms with van der Waals surface area (Å²) in [7, 11) is 0. The fraction of sp³-hybridized carbons (Fsp3) is 0.692. The lowest BCUT2D eigenvalue weighted by atomic mass is 9.97. The van der Waals surface area contributed by atoms with Gasteiger partial charge in [-0.1, -0.05) is 6.42 Å². The maximum atomic E-state index is 6.22. The Morgan fingerprint density at radius 2 is 2.24 bits per heavy atom. The second-order valence-electron chi connectivity index (χ2n) is 5.03. The Morgan fingerprint density at radius 3 is 2.76 bits per heavy atom. The number of thiophene rings is 1. The van der Waals surface area contributed by atoms with Crippen molar-refractivity contribution in [3.8, 4) is 0 Å². The van der Waals surface area contributed by atoms with E-state index in [1.165, 1.54) is 34.5 Å². The van der Waals surface area contributed by atoms with Crippen molar-refractivity contribution in [3.63, 3.8) is 0 Å². The van der Waals surface area contributed by atoms with Crippen molar-refractivity contribution in [3.05, 3.63) is 20.8 Å². The third kappa shape index (κ3) is 3.11. The number of likely N-dealkylation sites (tertiary alicyclic amines) is 1. The van der Waals surface area contributed by atoms with Crippen LogP contribution in [0.5, 0.6) is 0 Å². The van der Waals surface area contributed by atoms with E-state index >= 15 is 0 Å². The van der Waals surface area contributed by atoms with Gasteiger partial charge in [-0.3, -0.25) is 4.90 Å². The van der Waals surface area contributed by atoms with Crippen molar-refractivity contribution in [2.75, 3.05) is 6.54 Å². The fourth-order valence-electron chi connectivity index (χ4n) is 2.75. The molecule has 3 atom stereocenters. The van der Waals surface area contributed by atoms with Gasteiger partial charge >= 0.3 is 0 Å². The van der Waals surface area contributed by atoms with Gasteiger partial charge in [0.15, 0.2) is 0 Å². The zero-order chi connectivity index (χ0) is 12.4. The molecule has 0 amide bonds. The summed E-state index contributed by atoms with van der Waals surface area (Å²) >= 11 is 5.36. The Hall–Kier alpha value is 0.1000. The highest BCUT2D eigenvalue weighted by Gasteiger charge is 2.30. The van der Waals surface area contributed by atoms with E-state index in [1.54, 1.807) is 0 Å². The molecule has 0 radical (unpaired) electrons. The molecule has 1 aliphatic rings. The Morgan fingerprint density at radius 1 is 1.47 bits per heavy atom. The molecular weight excluding hydrogens is 296 g/mol. The van der Waals surface area contributed by atoms with Crippen LogP contribution in [0, 0.1) is 0 Å². The highest BCUT2D eigenvalue weighted by molar-refractivity contribution is 9.11. The van der Waals surface area contributed by atoms with Crippen molar-refractivity contribution >= 4 is 27.3 Å². The minimum absolute atomic E-state index is 0.182. The van der Waals surface area contributed by atoms with Gasteiger partial charge in [-0.2, -0.15) is 0 Å². The summed E-state index contributed by atoms with van der Waals surface area (Å²) in [5.74, 6) is 0. The monoisotopic (exact) mass is 316 g/mol. The number of hydrogen-bond acceptors (Lipinski definition) is 3. The summed E-state index contributed by atoms with van der Waals surface area (Å²) in [5, 5.41) is 0. The molecule has 2 N–H and O–H groups in total. The molecule has 17 heavy (non-hydrogen) atoms. The number of halogens is 1. The zero-order valence-corrected chi connectivity index (χ0v) is 12.9. The SMILES string of the molecule is CC(N)C(c1ccc(Br)s1)N1CCCCC1C. The fourth-order valence-corrected chi connectivity index (χ4v) is 4.41. The van der Waals surface area contributed by atoms with E-state index in [0.717, 1.165) is 0 Å². The second-order valence-corrected chi connectivity index (χ2v) is 7.52. The Bertz CT molecular complexity index is 364. The Balaban J connectivity index is 2.22. The van der Waals surface area contributed by atoms with Gasteiger partial charge in [0.2, 0.25) is 0 Å². The molecule has 1 saturated heterocycles. The first kappa shape index (κ1) is 13.5. The summed E-state index contributed by atoms with van der Waals surface area (Å²) in [5.41, 5.74) is 6.22. The van der Waals surface area contributed by atoms with Crippen LogP contribution in [0.25, 0.3) is 0 Å². The van der Waals surface area contributed by atoms with Crippen molar-refractivity contribution in [2.24, 2.45) is 5.73 Å². The highest BCUT2D eigenvalue weighted by Crippen LogP contribution is 2.35. The van der Waals surface area contributed by atoms with E-state index in [0.29, 0.717) is 12.1 Å². The first-order chi connectivity index (χ1) is 8.09. The normalized spacial score (nSPS) is 25.8.